The highest BCUT2D eigenvalue weighted by molar-refractivity contribution is 5.91. The SMILES string of the molecule is CC[C@@H]1OC(=O)[C@H](C)[C@H]2OCC(=NOCc3ccc4oc(N)nc4n3)CO[C@](C)(C[C@@H](C)C3=NCCN4C(=O)O[C@@]1(C)[C@H]4[C@H]3C)[C@@H](O[C@H]1O[C@@H](C)C[C@@H](N(C)C)[C@@H]1O)[C@@H]2C. The van der Waals surface area contributed by atoms with Crippen molar-refractivity contribution in [1.82, 2.24) is 19.8 Å². The molecular weight excluding hydrogens is 778 g/mol. The van der Waals surface area contributed by atoms with E-state index in [1.807, 2.05) is 53.6 Å². The lowest BCUT2D eigenvalue weighted by Gasteiger charge is -2.48. The molecule has 3 N–H and O–H groups in total. The fourth-order valence-electron chi connectivity index (χ4n) is 10.4. The van der Waals surface area contributed by atoms with Crippen LogP contribution in [0.1, 0.15) is 80.3 Å². The van der Waals surface area contributed by atoms with Gasteiger partial charge in [-0.05, 0) is 79.1 Å². The second kappa shape index (κ2) is 17.4. The summed E-state index contributed by atoms with van der Waals surface area (Å²) in [6.45, 7) is 16.4. The van der Waals surface area contributed by atoms with E-state index in [0.717, 1.165) is 5.71 Å². The number of carbonyl (C=O) groups excluding carboxylic acids is 2. The molecule has 2 aromatic rings. The molecule has 5 aliphatic rings. The minimum Gasteiger partial charge on any atom is -0.458 e. The molecule has 0 aliphatic carbocycles. The van der Waals surface area contributed by atoms with Gasteiger partial charge < -0.3 is 53.4 Å². The number of anilines is 1. The van der Waals surface area contributed by atoms with E-state index in [0.29, 0.717) is 55.0 Å². The number of oxime groups is 1. The Balaban J connectivity index is 1.29. The molecule has 7 heterocycles. The van der Waals surface area contributed by atoms with Crippen molar-refractivity contribution in [2.24, 2.45) is 33.8 Å². The Labute approximate surface area is 351 Å². The Morgan fingerprint density at radius 3 is 2.58 bits per heavy atom. The predicted octanol–water partition coefficient (Wildman–Crippen LogP) is 3.97. The number of rotatable bonds is 7. The van der Waals surface area contributed by atoms with Crippen LogP contribution >= 0.6 is 0 Å². The van der Waals surface area contributed by atoms with Gasteiger partial charge in [-0.15, -0.1) is 0 Å². The highest BCUT2D eigenvalue weighted by Gasteiger charge is 2.60. The summed E-state index contributed by atoms with van der Waals surface area (Å²) < 4.78 is 45.1. The molecule has 0 unspecified atom stereocenters. The van der Waals surface area contributed by atoms with Crippen molar-refractivity contribution in [3.8, 4) is 0 Å². The number of cyclic esters (lactones) is 1. The molecule has 14 atom stereocenters. The summed E-state index contributed by atoms with van der Waals surface area (Å²) in [5.41, 5.74) is 6.12. The molecule has 2 aromatic heterocycles. The molecule has 0 spiro atoms. The number of aromatic nitrogens is 2. The molecule has 1 amide bonds. The largest absolute Gasteiger partial charge is 0.458 e. The van der Waals surface area contributed by atoms with Crippen LogP contribution in [0.25, 0.3) is 11.2 Å². The van der Waals surface area contributed by atoms with Gasteiger partial charge in [0.05, 0.1) is 61.3 Å². The van der Waals surface area contributed by atoms with E-state index in [1.54, 1.807) is 24.0 Å². The summed E-state index contributed by atoms with van der Waals surface area (Å²) >= 11 is 0. The number of ether oxygens (including phenoxy) is 6. The van der Waals surface area contributed by atoms with Crippen molar-refractivity contribution < 1.29 is 52.4 Å². The van der Waals surface area contributed by atoms with Gasteiger partial charge in [-0.3, -0.25) is 14.7 Å². The summed E-state index contributed by atoms with van der Waals surface area (Å²) in [7, 11) is 3.85. The Bertz CT molecular complexity index is 1940. The lowest BCUT2D eigenvalue weighted by Crippen LogP contribution is -2.60. The summed E-state index contributed by atoms with van der Waals surface area (Å²) in [5.74, 6) is -2.36. The standard InChI is InChI=1S/C42H63N7O11/c1-11-30-42(8)34-23(4)31(44-14-15-49(34)40(52)60-42)21(2)17-41(7)35(59-38-32(50)28(48(9)10)16-22(3)56-38)24(5)33(25(6)37(51)58-30)53-18-27(19-54-41)47-55-20-26-12-13-29-36(45-26)46-39(43)57-29/h12-13,21-25,28,30,32-35,38,50H,11,14-20H2,1-10H3,(H2,43,45,46)/t21-,22+,23+,24-,25-,28-,30+,32+,33+,34-,35+,38-,41-,42-/m1/s1. The Morgan fingerprint density at radius 2 is 1.85 bits per heavy atom. The molecular formula is C42H63N7O11. The average molecular weight is 842 g/mol. The van der Waals surface area contributed by atoms with Crippen molar-refractivity contribution in [2.75, 3.05) is 46.1 Å². The van der Waals surface area contributed by atoms with E-state index in [-0.39, 0.29) is 49.8 Å². The van der Waals surface area contributed by atoms with E-state index in [1.165, 1.54) is 0 Å². The topological polar surface area (TPSA) is 215 Å². The molecule has 0 saturated carbocycles. The minimum atomic E-state index is -1.15. The van der Waals surface area contributed by atoms with E-state index < -0.39 is 71.8 Å². The molecule has 18 heteroatoms. The monoisotopic (exact) mass is 841 g/mol. The highest BCUT2D eigenvalue weighted by atomic mass is 16.7. The van der Waals surface area contributed by atoms with Gasteiger partial charge in [0, 0.05) is 30.1 Å². The van der Waals surface area contributed by atoms with Crippen LogP contribution in [0, 0.1) is 23.7 Å². The van der Waals surface area contributed by atoms with Crippen molar-refractivity contribution in [3.05, 3.63) is 17.8 Å². The van der Waals surface area contributed by atoms with Crippen LogP contribution in [0.4, 0.5) is 10.8 Å². The van der Waals surface area contributed by atoms with E-state index in [9.17, 15) is 14.7 Å². The number of amides is 1. The van der Waals surface area contributed by atoms with Crippen molar-refractivity contribution in [1.29, 1.82) is 0 Å². The number of carbonyl (C=O) groups is 2. The summed E-state index contributed by atoms with van der Waals surface area (Å²) in [6, 6.07) is 2.79. The molecule has 7 rings (SSSR count). The van der Waals surface area contributed by atoms with Crippen LogP contribution in [0.5, 0.6) is 0 Å². The summed E-state index contributed by atoms with van der Waals surface area (Å²) in [4.78, 5) is 51.4. The van der Waals surface area contributed by atoms with Crippen LogP contribution in [-0.4, -0.2) is 149 Å². The molecule has 60 heavy (non-hydrogen) atoms. The fourth-order valence-corrected chi connectivity index (χ4v) is 10.4. The molecule has 5 aliphatic heterocycles. The third kappa shape index (κ3) is 8.47. The predicted molar refractivity (Wildman–Crippen MR) is 219 cm³/mol. The first kappa shape index (κ1) is 44.1. The molecule has 18 nitrogen and oxygen atoms in total. The Morgan fingerprint density at radius 1 is 1.08 bits per heavy atom. The van der Waals surface area contributed by atoms with Gasteiger partial charge in [0.15, 0.2) is 24.1 Å². The molecule has 0 aromatic carbocycles. The van der Waals surface area contributed by atoms with E-state index >= 15 is 0 Å². The van der Waals surface area contributed by atoms with Gasteiger partial charge in [-0.2, -0.15) is 4.98 Å². The second-order valence-electron chi connectivity index (χ2n) is 18.0. The van der Waals surface area contributed by atoms with Crippen LogP contribution in [0.15, 0.2) is 26.7 Å². The van der Waals surface area contributed by atoms with Gasteiger partial charge in [0.2, 0.25) is 5.65 Å². The molecule has 4 fully saturated rings. The number of nitrogen functional groups attached to an aromatic ring is 1. The number of hydrogen-bond donors (Lipinski definition) is 2. The lowest BCUT2D eigenvalue weighted by atomic mass is 9.72. The zero-order valence-electron chi connectivity index (χ0n) is 36.5. The van der Waals surface area contributed by atoms with E-state index in [4.69, 9.17) is 48.4 Å². The number of aliphatic hydroxyl groups excluding tert-OH is 1. The third-order valence-corrected chi connectivity index (χ3v) is 13.3. The van der Waals surface area contributed by atoms with Crippen LogP contribution in [0.3, 0.4) is 0 Å². The van der Waals surface area contributed by atoms with Gasteiger partial charge in [0.25, 0.3) is 6.01 Å². The zero-order valence-corrected chi connectivity index (χ0v) is 36.5. The molecule has 4 saturated heterocycles. The van der Waals surface area contributed by atoms with Crippen molar-refractivity contribution in [2.45, 2.75) is 141 Å². The second-order valence-corrected chi connectivity index (χ2v) is 18.0. The first-order valence-electron chi connectivity index (χ1n) is 21.3. The van der Waals surface area contributed by atoms with Crippen molar-refractivity contribution in [3.63, 3.8) is 0 Å². The highest BCUT2D eigenvalue weighted by Crippen LogP contribution is 2.45. The third-order valence-electron chi connectivity index (χ3n) is 13.3. The van der Waals surface area contributed by atoms with Gasteiger partial charge in [-0.25, -0.2) is 9.78 Å². The number of fused-ring (bicyclic) bond motifs is 5. The normalized spacial score (nSPS) is 40.0. The first-order chi connectivity index (χ1) is 28.4. The summed E-state index contributed by atoms with van der Waals surface area (Å²) in [5, 5.41) is 16.3. The maximum atomic E-state index is 14.5. The lowest BCUT2D eigenvalue weighted by molar-refractivity contribution is -0.302. The Hall–Kier alpha value is -3.94. The molecule has 0 radical (unpaired) electrons. The smallest absolute Gasteiger partial charge is 0.410 e. The number of oxazole rings is 1. The van der Waals surface area contributed by atoms with Crippen LogP contribution < -0.4 is 5.73 Å². The minimum absolute atomic E-state index is 0.00851. The number of nitrogens with two attached hydrogens (primary N) is 1. The number of aliphatic hydroxyl groups is 1. The van der Waals surface area contributed by atoms with Gasteiger partial charge in [-0.1, -0.05) is 32.9 Å². The number of nitrogens with zero attached hydrogens (tertiary/aromatic N) is 6. The fraction of sp³-hybridized carbons (Fsp3) is 0.762. The number of hydrogen-bond acceptors (Lipinski definition) is 17. The van der Waals surface area contributed by atoms with Crippen LogP contribution in [-0.2, 0) is 44.7 Å². The number of esters is 1. The number of likely N-dealkylation sites (N-methyl/N-ethyl adjacent to an activating group) is 1. The van der Waals surface area contributed by atoms with Gasteiger partial charge >= 0.3 is 12.1 Å². The van der Waals surface area contributed by atoms with Crippen molar-refractivity contribution >= 4 is 40.7 Å². The van der Waals surface area contributed by atoms with Crippen LogP contribution in [0.2, 0.25) is 0 Å². The van der Waals surface area contributed by atoms with E-state index in [2.05, 4.69) is 29.0 Å². The average Bonchev–Trinajstić information content (AvgIpc) is 3.63. The molecule has 332 valence electrons. The zero-order chi connectivity index (χ0) is 43.3. The number of pyridine rings is 1. The van der Waals surface area contributed by atoms with Gasteiger partial charge in [0.1, 0.15) is 17.9 Å². The Kier molecular flexibility index (Phi) is 12.8. The number of aliphatic imine (C=N–C) groups is 1. The molecule has 4 bridgehead atoms. The summed E-state index contributed by atoms with van der Waals surface area (Å²) in [6.07, 6.45) is -3.63. The quantitative estimate of drug-likeness (QED) is 0.298. The maximum absolute atomic E-state index is 14.5. The maximum Gasteiger partial charge on any atom is 0.410 e. The first-order valence-corrected chi connectivity index (χ1v) is 21.3.